The molecule has 0 bridgehead atoms. The van der Waals surface area contributed by atoms with Crippen LogP contribution in [0.2, 0.25) is 18.6 Å². The van der Waals surface area contributed by atoms with E-state index in [2.05, 4.69) is 81.5 Å². The van der Waals surface area contributed by atoms with E-state index < -0.39 is 13.7 Å². The molecule has 3 aliphatic heterocycles. The van der Waals surface area contributed by atoms with Crippen molar-refractivity contribution in [2.24, 2.45) is 5.92 Å². The fourth-order valence-corrected chi connectivity index (χ4v) is 13.9. The van der Waals surface area contributed by atoms with Gasteiger partial charge in [-0.2, -0.15) is 0 Å². The number of fused-ring (bicyclic) bond motifs is 2. The lowest BCUT2D eigenvalue weighted by atomic mass is 9.82. The van der Waals surface area contributed by atoms with Crippen molar-refractivity contribution in [3.63, 3.8) is 0 Å². The number of carbonyl (C=O) groups is 2. The summed E-state index contributed by atoms with van der Waals surface area (Å²) in [5.41, 5.74) is 5.54. The van der Waals surface area contributed by atoms with E-state index in [0.717, 1.165) is 53.9 Å². The normalized spacial score (nSPS) is 22.6. The zero-order chi connectivity index (χ0) is 41.9. The highest BCUT2D eigenvalue weighted by Gasteiger charge is 2.66. The van der Waals surface area contributed by atoms with Crippen LogP contribution in [0.1, 0.15) is 89.0 Å². The molecule has 4 aromatic rings. The minimum atomic E-state index is -2.40. The number of methoxy groups -OCH3 is 1. The maximum Gasteiger partial charge on any atom is 0.264 e. The summed E-state index contributed by atoms with van der Waals surface area (Å²) in [5.74, 6) is 0.411. The fourth-order valence-electron chi connectivity index (χ4n) is 9.83. The molecule has 2 fully saturated rings. The zero-order valence-electron chi connectivity index (χ0n) is 35.9. The van der Waals surface area contributed by atoms with Crippen LogP contribution in [-0.2, 0) is 26.5 Å². The molecule has 4 heterocycles. The minimum absolute atomic E-state index is 0.0340. The van der Waals surface area contributed by atoms with Gasteiger partial charge in [0.1, 0.15) is 5.75 Å². The van der Waals surface area contributed by atoms with Crippen LogP contribution in [0, 0.1) is 5.92 Å². The van der Waals surface area contributed by atoms with Gasteiger partial charge in [0.25, 0.3) is 5.91 Å². The number of anilines is 2. The topological polar surface area (TPSA) is 110 Å². The molecule has 59 heavy (non-hydrogen) atoms. The number of aryl methyl sites for hydroxylation is 1. The van der Waals surface area contributed by atoms with E-state index in [1.807, 2.05) is 75.3 Å². The summed E-state index contributed by atoms with van der Waals surface area (Å²) in [6.45, 7) is 14.9. The molecule has 10 nitrogen and oxygen atoms in total. The predicted molar refractivity (Wildman–Crippen MR) is 237 cm³/mol. The number of allylic oxidation sites excluding steroid dienone is 3. The number of rotatable bonds is 15. The predicted octanol–water partition coefficient (Wildman–Crippen LogP) is 8.27. The Labute approximate surface area is 350 Å². The third-order valence-corrected chi connectivity index (χ3v) is 17.5. The molecule has 7 rings (SSSR count). The van der Waals surface area contributed by atoms with E-state index in [0.29, 0.717) is 38.2 Å². The maximum atomic E-state index is 15.5. The van der Waals surface area contributed by atoms with Crippen LogP contribution in [0.4, 0.5) is 11.4 Å². The third-order valence-electron chi connectivity index (χ3n) is 13.1. The minimum Gasteiger partial charge on any atom is -0.497 e. The Balaban J connectivity index is 1.28. The van der Waals surface area contributed by atoms with Crippen LogP contribution in [0.5, 0.6) is 5.75 Å². The van der Waals surface area contributed by atoms with Crippen molar-refractivity contribution in [1.29, 1.82) is 0 Å². The first kappa shape index (κ1) is 42.3. The molecular weight excluding hydrogens is 755 g/mol. The molecule has 3 aromatic carbocycles. The van der Waals surface area contributed by atoms with Crippen molar-refractivity contribution in [2.75, 3.05) is 36.6 Å². The quantitative estimate of drug-likeness (QED) is 0.0951. The average Bonchev–Trinajstić information content (AvgIpc) is 3.89. The van der Waals surface area contributed by atoms with Crippen LogP contribution >= 0.6 is 0 Å². The number of hydrogen-bond donors (Lipinski definition) is 1. The monoisotopic (exact) mass is 815 g/mol. The lowest BCUT2D eigenvalue weighted by Gasteiger charge is -2.37. The van der Waals surface area contributed by atoms with E-state index >= 15 is 4.79 Å². The lowest BCUT2D eigenvalue weighted by Crippen LogP contribution is -2.52. The lowest BCUT2D eigenvalue weighted by molar-refractivity contribution is -0.145. The Hall–Kier alpha value is -4.84. The van der Waals surface area contributed by atoms with Crippen molar-refractivity contribution < 1.29 is 24.2 Å². The number of piperidine rings is 1. The van der Waals surface area contributed by atoms with Gasteiger partial charge < -0.3 is 24.4 Å². The van der Waals surface area contributed by atoms with Gasteiger partial charge in [-0.15, -0.1) is 5.10 Å². The van der Waals surface area contributed by atoms with Crippen molar-refractivity contribution in [2.45, 2.75) is 109 Å². The van der Waals surface area contributed by atoms with Crippen LogP contribution in [0.3, 0.4) is 0 Å². The van der Waals surface area contributed by atoms with Crippen LogP contribution in [0.25, 0.3) is 0 Å². The van der Waals surface area contributed by atoms with E-state index in [4.69, 9.17) is 9.47 Å². The van der Waals surface area contributed by atoms with Crippen LogP contribution < -0.4 is 19.7 Å². The zero-order valence-corrected chi connectivity index (χ0v) is 36.9. The highest BCUT2D eigenvalue weighted by atomic mass is 28.3. The van der Waals surface area contributed by atoms with Gasteiger partial charge in [0.15, 0.2) is 5.60 Å². The van der Waals surface area contributed by atoms with Crippen molar-refractivity contribution in [1.82, 2.24) is 15.0 Å². The van der Waals surface area contributed by atoms with Crippen LogP contribution in [-0.4, -0.2) is 72.9 Å². The van der Waals surface area contributed by atoms with Gasteiger partial charge in [0.2, 0.25) is 5.91 Å². The van der Waals surface area contributed by atoms with Crippen molar-refractivity contribution >= 4 is 36.4 Å². The first-order valence-corrected chi connectivity index (χ1v) is 24.4. The summed E-state index contributed by atoms with van der Waals surface area (Å²) < 4.78 is 14.9. The third kappa shape index (κ3) is 8.34. The molecule has 0 aliphatic carbocycles. The molecule has 1 aromatic heterocycles. The second-order valence-electron chi connectivity index (χ2n) is 17.5. The van der Waals surface area contributed by atoms with Gasteiger partial charge in [-0.25, -0.2) is 0 Å². The van der Waals surface area contributed by atoms with E-state index in [9.17, 15) is 9.90 Å². The summed E-state index contributed by atoms with van der Waals surface area (Å²) in [4.78, 5) is 32.5. The summed E-state index contributed by atoms with van der Waals surface area (Å²) in [6.07, 6.45) is 10.9. The van der Waals surface area contributed by atoms with Gasteiger partial charge in [-0.05, 0) is 94.3 Å². The molecule has 1 spiro atoms. The highest BCUT2D eigenvalue weighted by molar-refractivity contribution is 6.91. The Morgan fingerprint density at radius 3 is 2.49 bits per heavy atom. The average molecular weight is 816 g/mol. The molecule has 5 atom stereocenters. The summed E-state index contributed by atoms with van der Waals surface area (Å²) in [7, 11) is -0.721. The van der Waals surface area contributed by atoms with Crippen molar-refractivity contribution in [3.05, 3.63) is 119 Å². The Kier molecular flexibility index (Phi) is 12.8. The number of hydrogen-bond acceptors (Lipinski definition) is 7. The van der Waals surface area contributed by atoms with Gasteiger partial charge in [0.05, 0.1) is 45.2 Å². The number of aromatic nitrogens is 3. The Morgan fingerprint density at radius 2 is 1.80 bits per heavy atom. The van der Waals surface area contributed by atoms with E-state index in [1.54, 1.807) is 7.11 Å². The summed E-state index contributed by atoms with van der Waals surface area (Å²) in [6, 6.07) is 24.4. The number of amides is 2. The standard InChI is InChI=1S/C48H61N5O5Si/c1-33(2)14-13-15-34(3)25-29-53-43-24-19-37(52-27-12-11-18-45(52)55)30-41(43)48(47(53)56)35(4)46(59(6,7)39-22-20-38(57-5)21-23-39)44(58-48)26-28-51-31-42(49-50-51)40(32-54)36-16-9-8-10-17-36/h8-10,14,16-17,19-25,30-31,35,40,44,46,54H,11-13,15,18,26-29,32H2,1-7H3/b34-25+/t35-,40?,44+,46-,48+/m0/s1. The van der Waals surface area contributed by atoms with Gasteiger partial charge in [-0.3, -0.25) is 14.3 Å². The highest BCUT2D eigenvalue weighted by Crippen LogP contribution is 2.60. The smallest absolute Gasteiger partial charge is 0.264 e. The fraction of sp³-hybridized carbons (Fsp3) is 0.458. The van der Waals surface area contributed by atoms with Gasteiger partial charge >= 0.3 is 0 Å². The largest absolute Gasteiger partial charge is 0.497 e. The Morgan fingerprint density at radius 1 is 1.03 bits per heavy atom. The van der Waals surface area contributed by atoms with E-state index in [-0.39, 0.29) is 41.9 Å². The Bertz CT molecular complexity index is 2180. The second-order valence-corrected chi connectivity index (χ2v) is 22.2. The number of aliphatic hydroxyl groups excluding tert-OH is 1. The molecule has 2 amide bonds. The molecule has 312 valence electrons. The van der Waals surface area contributed by atoms with Gasteiger partial charge in [-0.1, -0.05) is 96.2 Å². The molecule has 3 aliphatic rings. The molecule has 1 unspecified atom stereocenters. The second kappa shape index (κ2) is 17.8. The number of aliphatic hydroxyl groups is 1. The number of benzene rings is 3. The summed E-state index contributed by atoms with van der Waals surface area (Å²) >= 11 is 0. The molecular formula is C48H61N5O5Si. The number of carbonyl (C=O) groups excluding carboxylic acids is 2. The first-order chi connectivity index (χ1) is 28.4. The van der Waals surface area contributed by atoms with Gasteiger partial charge in [0, 0.05) is 49.4 Å². The molecule has 1 N–H and O–H groups in total. The number of ether oxygens (including phenoxy) is 2. The molecule has 0 saturated carbocycles. The molecule has 0 radical (unpaired) electrons. The summed E-state index contributed by atoms with van der Waals surface area (Å²) in [5, 5.41) is 20.7. The van der Waals surface area contributed by atoms with Crippen LogP contribution in [0.15, 0.2) is 102 Å². The molecule has 11 heteroatoms. The molecule has 2 saturated heterocycles. The van der Waals surface area contributed by atoms with E-state index in [1.165, 1.54) is 16.3 Å². The SMILES string of the molecule is COc1ccc([Si](C)(C)[C@@H]2[C@@H](CCn3cc(C(CO)c4ccccc4)nn3)O[C@]3(C(=O)N(C/C=C(\C)CCC=C(C)C)c4ccc(N5CCCCC5=O)cc43)[C@H]2C)cc1. The number of nitrogens with zero attached hydrogens (tertiary/aromatic N) is 5. The maximum absolute atomic E-state index is 15.5. The van der Waals surface area contributed by atoms with Crippen molar-refractivity contribution in [3.8, 4) is 5.75 Å². The first-order valence-electron chi connectivity index (χ1n) is 21.3.